The summed E-state index contributed by atoms with van der Waals surface area (Å²) in [4.78, 5) is 0. The fourth-order valence-corrected chi connectivity index (χ4v) is 1.26. The van der Waals surface area contributed by atoms with E-state index in [-0.39, 0.29) is 12.2 Å². The van der Waals surface area contributed by atoms with Gasteiger partial charge < -0.3 is 19.7 Å². The smallest absolute Gasteiger partial charge is 0.157 e. The molecule has 0 saturated carbocycles. The molecule has 2 N–H and O–H groups in total. The molecule has 1 rings (SSSR count). The first-order valence-corrected chi connectivity index (χ1v) is 3.69. The van der Waals surface area contributed by atoms with Gasteiger partial charge in [-0.1, -0.05) is 0 Å². The van der Waals surface area contributed by atoms with Crippen LogP contribution in [0.2, 0.25) is 0 Å². The molecule has 1 fully saturated rings. The minimum atomic E-state index is -0.807. The highest BCUT2D eigenvalue weighted by Gasteiger charge is 2.34. The number of methoxy groups -OCH3 is 1. The molecule has 1 aliphatic heterocycles. The lowest BCUT2D eigenvalue weighted by Crippen LogP contribution is -2.47. The van der Waals surface area contributed by atoms with Crippen LogP contribution in [0.25, 0.3) is 0 Å². The number of hydrogen-bond acceptors (Lipinski definition) is 4. The Morgan fingerprint density at radius 3 is 2.64 bits per heavy atom. The molecule has 4 nitrogen and oxygen atoms in total. The van der Waals surface area contributed by atoms with Crippen LogP contribution in [0.3, 0.4) is 0 Å². The molecule has 66 valence electrons. The highest BCUT2D eigenvalue weighted by Crippen LogP contribution is 2.20. The van der Waals surface area contributed by atoms with Crippen LogP contribution in [0.5, 0.6) is 0 Å². The van der Waals surface area contributed by atoms with Crippen molar-refractivity contribution in [3.63, 3.8) is 0 Å². The fraction of sp³-hybridized carbons (Fsp3) is 1.00. The molecule has 0 spiro atoms. The lowest BCUT2D eigenvalue weighted by Gasteiger charge is -2.34. The van der Waals surface area contributed by atoms with E-state index < -0.39 is 12.4 Å². The van der Waals surface area contributed by atoms with Crippen LogP contribution in [0.4, 0.5) is 0 Å². The number of aliphatic hydroxyl groups excluding tert-OH is 2. The van der Waals surface area contributed by atoms with Crippen molar-refractivity contribution in [1.82, 2.24) is 0 Å². The maximum atomic E-state index is 9.39. The molecule has 0 bridgehead atoms. The topological polar surface area (TPSA) is 58.9 Å². The molecule has 0 aromatic heterocycles. The Morgan fingerprint density at radius 2 is 2.09 bits per heavy atom. The summed E-state index contributed by atoms with van der Waals surface area (Å²) >= 11 is 0. The van der Waals surface area contributed by atoms with Gasteiger partial charge >= 0.3 is 0 Å². The Labute approximate surface area is 65.7 Å². The van der Waals surface area contributed by atoms with Crippen LogP contribution in [-0.2, 0) is 9.47 Å². The average molecular weight is 162 g/mol. The van der Waals surface area contributed by atoms with Gasteiger partial charge in [-0.3, -0.25) is 0 Å². The maximum absolute atomic E-state index is 9.39. The summed E-state index contributed by atoms with van der Waals surface area (Å²) in [5.74, 6) is 0. The number of rotatable bonds is 1. The molecule has 0 unspecified atom stereocenters. The molecular formula is C7H14O4. The molecule has 0 aliphatic carbocycles. The third-order valence-electron chi connectivity index (χ3n) is 1.97. The van der Waals surface area contributed by atoms with E-state index in [4.69, 9.17) is 14.6 Å². The highest BCUT2D eigenvalue weighted by molar-refractivity contribution is 4.80. The fourth-order valence-electron chi connectivity index (χ4n) is 1.26. The summed E-state index contributed by atoms with van der Waals surface area (Å²) in [6.07, 6.45) is -1.78. The molecule has 0 radical (unpaired) electrons. The average Bonchev–Trinajstić information content (AvgIpc) is 1.96. The quantitative estimate of drug-likeness (QED) is 0.545. The molecular weight excluding hydrogens is 148 g/mol. The van der Waals surface area contributed by atoms with Gasteiger partial charge in [0.05, 0.1) is 12.2 Å². The van der Waals surface area contributed by atoms with Crippen LogP contribution in [0.15, 0.2) is 0 Å². The van der Waals surface area contributed by atoms with Crippen molar-refractivity contribution < 1.29 is 19.7 Å². The number of ether oxygens (including phenoxy) is 2. The lowest BCUT2D eigenvalue weighted by molar-refractivity contribution is -0.231. The normalized spacial score (nSPS) is 45.8. The van der Waals surface area contributed by atoms with Crippen LogP contribution in [-0.4, -0.2) is 41.9 Å². The molecule has 4 heteroatoms. The third kappa shape index (κ3) is 1.90. The van der Waals surface area contributed by atoms with E-state index in [9.17, 15) is 5.11 Å². The Bertz CT molecular complexity index is 128. The zero-order valence-electron chi connectivity index (χ0n) is 6.73. The van der Waals surface area contributed by atoms with Crippen molar-refractivity contribution in [2.75, 3.05) is 7.11 Å². The highest BCUT2D eigenvalue weighted by atomic mass is 16.6. The molecule has 4 atom stereocenters. The van der Waals surface area contributed by atoms with Gasteiger partial charge in [0, 0.05) is 13.5 Å². The van der Waals surface area contributed by atoms with Crippen molar-refractivity contribution in [3.05, 3.63) is 0 Å². The largest absolute Gasteiger partial charge is 0.388 e. The summed E-state index contributed by atoms with van der Waals surface area (Å²) in [5, 5.41) is 18.5. The van der Waals surface area contributed by atoms with Gasteiger partial charge in [-0.05, 0) is 6.92 Å². The Hall–Kier alpha value is -0.160. The Morgan fingerprint density at radius 1 is 1.45 bits per heavy atom. The van der Waals surface area contributed by atoms with Crippen LogP contribution < -0.4 is 0 Å². The maximum Gasteiger partial charge on any atom is 0.157 e. The summed E-state index contributed by atoms with van der Waals surface area (Å²) in [6.45, 7) is 1.71. The van der Waals surface area contributed by atoms with Gasteiger partial charge in [0.1, 0.15) is 6.10 Å². The number of hydrogen-bond donors (Lipinski definition) is 2. The van der Waals surface area contributed by atoms with Gasteiger partial charge in [-0.15, -0.1) is 0 Å². The molecule has 0 aromatic carbocycles. The zero-order valence-corrected chi connectivity index (χ0v) is 6.73. The van der Waals surface area contributed by atoms with E-state index in [1.807, 2.05) is 0 Å². The standard InChI is InChI=1S/C7H14O4/c1-4-7(9)5(10-2)3-6(8)11-4/h4-9H,3H2,1-2H3/t4-,5-,6-,7-/m1/s1. The van der Waals surface area contributed by atoms with E-state index in [0.29, 0.717) is 6.42 Å². The van der Waals surface area contributed by atoms with E-state index in [1.54, 1.807) is 6.92 Å². The predicted octanol–water partition coefficient (Wildman–Crippen LogP) is -0.510. The molecule has 0 amide bonds. The number of aliphatic hydroxyl groups is 2. The first-order valence-electron chi connectivity index (χ1n) is 3.69. The van der Waals surface area contributed by atoms with Crippen LogP contribution >= 0.6 is 0 Å². The van der Waals surface area contributed by atoms with Crippen LogP contribution in [0.1, 0.15) is 13.3 Å². The van der Waals surface area contributed by atoms with Gasteiger partial charge in [0.2, 0.25) is 0 Å². The summed E-state index contributed by atoms with van der Waals surface area (Å²) in [5.41, 5.74) is 0. The zero-order chi connectivity index (χ0) is 8.43. The van der Waals surface area contributed by atoms with Crippen molar-refractivity contribution in [3.8, 4) is 0 Å². The summed E-state index contributed by atoms with van der Waals surface area (Å²) < 4.78 is 9.91. The first kappa shape index (κ1) is 8.93. The monoisotopic (exact) mass is 162 g/mol. The van der Waals surface area contributed by atoms with Gasteiger partial charge in [0.15, 0.2) is 6.29 Å². The Kier molecular flexibility index (Phi) is 2.84. The first-order chi connectivity index (χ1) is 5.15. The minimum absolute atomic E-state index is 0.311. The SMILES string of the molecule is CO[C@@H]1C[C@H](O)O[C@H](C)[C@H]1O. The van der Waals surface area contributed by atoms with Gasteiger partial charge in [0.25, 0.3) is 0 Å². The second-order valence-corrected chi connectivity index (χ2v) is 2.80. The van der Waals surface area contributed by atoms with E-state index in [0.717, 1.165) is 0 Å². The summed E-state index contributed by atoms with van der Waals surface area (Å²) in [6, 6.07) is 0. The third-order valence-corrected chi connectivity index (χ3v) is 1.97. The molecule has 11 heavy (non-hydrogen) atoms. The van der Waals surface area contributed by atoms with Gasteiger partial charge in [-0.2, -0.15) is 0 Å². The van der Waals surface area contributed by atoms with Crippen molar-refractivity contribution in [1.29, 1.82) is 0 Å². The second-order valence-electron chi connectivity index (χ2n) is 2.80. The molecule has 1 saturated heterocycles. The second kappa shape index (κ2) is 3.49. The lowest BCUT2D eigenvalue weighted by atomic mass is 10.0. The van der Waals surface area contributed by atoms with E-state index in [1.165, 1.54) is 7.11 Å². The van der Waals surface area contributed by atoms with Crippen molar-refractivity contribution >= 4 is 0 Å². The van der Waals surface area contributed by atoms with Crippen molar-refractivity contribution in [2.24, 2.45) is 0 Å². The molecule has 1 heterocycles. The minimum Gasteiger partial charge on any atom is -0.388 e. The Balaban J connectivity index is 2.51. The molecule has 1 aliphatic rings. The van der Waals surface area contributed by atoms with Gasteiger partial charge in [-0.25, -0.2) is 0 Å². The van der Waals surface area contributed by atoms with Crippen LogP contribution in [0, 0.1) is 0 Å². The summed E-state index contributed by atoms with van der Waals surface area (Å²) in [7, 11) is 1.51. The van der Waals surface area contributed by atoms with E-state index in [2.05, 4.69) is 0 Å². The van der Waals surface area contributed by atoms with E-state index >= 15 is 0 Å². The van der Waals surface area contributed by atoms with Crippen molar-refractivity contribution in [2.45, 2.75) is 37.9 Å². The molecule has 0 aromatic rings. The predicted molar refractivity (Wildman–Crippen MR) is 38.0 cm³/mol.